The molecule has 15 atom stereocenters. The molecule has 7 rings (SSSR count). The molecular formula is C40H45O22+. The number of hydrogen-bond acceptors (Lipinski definition) is 21. The third-order valence-corrected chi connectivity index (χ3v) is 10.5. The number of benzene rings is 3. The first-order valence-electron chi connectivity index (χ1n) is 19.1. The van der Waals surface area contributed by atoms with Crippen molar-refractivity contribution in [3.63, 3.8) is 0 Å². The van der Waals surface area contributed by atoms with E-state index in [2.05, 4.69) is 0 Å². The number of phenolic OH excluding ortho intramolecular Hbond substituents is 3. The Kier molecular flexibility index (Phi) is 13.6. The van der Waals surface area contributed by atoms with Crippen molar-refractivity contribution < 1.29 is 109 Å². The van der Waals surface area contributed by atoms with Crippen molar-refractivity contribution in [2.75, 3.05) is 19.8 Å². The molecule has 0 saturated carbocycles. The van der Waals surface area contributed by atoms with Gasteiger partial charge in [0, 0.05) is 12.1 Å². The van der Waals surface area contributed by atoms with Crippen LogP contribution in [0.2, 0.25) is 0 Å². The molecule has 3 aliphatic heterocycles. The van der Waals surface area contributed by atoms with Gasteiger partial charge < -0.3 is 99.5 Å². The molecule has 336 valence electrons. The zero-order chi connectivity index (χ0) is 44.6. The van der Waals surface area contributed by atoms with E-state index in [4.69, 9.17) is 37.6 Å². The van der Waals surface area contributed by atoms with Crippen LogP contribution in [0.15, 0.2) is 71.1 Å². The van der Waals surface area contributed by atoms with Gasteiger partial charge in [0.1, 0.15) is 102 Å². The molecule has 3 fully saturated rings. The van der Waals surface area contributed by atoms with Gasteiger partial charge in [-0.05, 0) is 48.5 Å². The van der Waals surface area contributed by atoms with Gasteiger partial charge in [0.2, 0.25) is 18.3 Å². The van der Waals surface area contributed by atoms with Crippen LogP contribution in [0, 0.1) is 0 Å². The molecule has 62 heavy (non-hydrogen) atoms. The van der Waals surface area contributed by atoms with E-state index in [0.717, 1.165) is 6.07 Å². The molecule has 3 aromatic carbocycles. The average molecular weight is 878 g/mol. The number of carbonyl (C=O) groups is 1. The van der Waals surface area contributed by atoms with E-state index in [1.807, 2.05) is 0 Å². The number of carbonyl (C=O) groups excluding carboxylic acids is 1. The number of ether oxygens (including phenoxy) is 7. The van der Waals surface area contributed by atoms with Crippen LogP contribution in [0.5, 0.6) is 28.7 Å². The van der Waals surface area contributed by atoms with Gasteiger partial charge in [-0.1, -0.05) is 0 Å². The van der Waals surface area contributed by atoms with Gasteiger partial charge in [0.15, 0.2) is 12.4 Å². The normalized spacial score (nSPS) is 33.8. The third kappa shape index (κ3) is 9.20. The lowest BCUT2D eigenvalue weighted by molar-refractivity contribution is -0.357. The first-order chi connectivity index (χ1) is 29.6. The van der Waals surface area contributed by atoms with Crippen LogP contribution in [0.4, 0.5) is 0 Å². The van der Waals surface area contributed by atoms with Crippen LogP contribution < -0.4 is 9.47 Å². The molecule has 3 aliphatic rings. The lowest BCUT2D eigenvalue weighted by Crippen LogP contribution is -2.65. The fourth-order valence-electron chi connectivity index (χ4n) is 7.04. The lowest BCUT2D eigenvalue weighted by Gasteiger charge is -2.45. The molecule has 0 radical (unpaired) electrons. The smallest absolute Gasteiger partial charge is 0.402 e. The topological polar surface area (TPSA) is 356 Å². The maximum absolute atomic E-state index is 12.7. The number of phenols is 3. The van der Waals surface area contributed by atoms with Crippen molar-refractivity contribution in [3.05, 3.63) is 72.3 Å². The summed E-state index contributed by atoms with van der Waals surface area (Å²) in [4.78, 5) is 12.7. The van der Waals surface area contributed by atoms with E-state index in [1.54, 1.807) is 0 Å². The summed E-state index contributed by atoms with van der Waals surface area (Å²) in [5.74, 6) is -2.25. The van der Waals surface area contributed by atoms with Gasteiger partial charge in [0.25, 0.3) is 0 Å². The summed E-state index contributed by atoms with van der Waals surface area (Å²) < 4.78 is 46.5. The van der Waals surface area contributed by atoms with Crippen LogP contribution in [0.25, 0.3) is 22.3 Å². The molecule has 13 N–H and O–H groups in total. The molecule has 15 unspecified atom stereocenters. The molecule has 4 aromatic rings. The summed E-state index contributed by atoms with van der Waals surface area (Å²) in [5, 5.41) is 136. The highest BCUT2D eigenvalue weighted by atomic mass is 16.8. The summed E-state index contributed by atoms with van der Waals surface area (Å²) in [6, 6.07) is 14.0. The number of rotatable bonds is 12. The fraction of sp³-hybridized carbons (Fsp3) is 0.450. The summed E-state index contributed by atoms with van der Waals surface area (Å²) >= 11 is 0. The first kappa shape index (κ1) is 45.0. The molecule has 22 nitrogen and oxygen atoms in total. The van der Waals surface area contributed by atoms with E-state index < -0.39 is 124 Å². The summed E-state index contributed by atoms with van der Waals surface area (Å²) in [7, 11) is 0. The zero-order valence-electron chi connectivity index (χ0n) is 32.1. The maximum Gasteiger partial charge on any atom is 0.402 e. The predicted octanol–water partition coefficient (Wildman–Crippen LogP) is -2.46. The quantitative estimate of drug-likeness (QED) is 0.0519. The van der Waals surface area contributed by atoms with Gasteiger partial charge in [-0.25, -0.2) is 9.21 Å². The second kappa shape index (κ2) is 18.8. The Morgan fingerprint density at radius 1 is 0.565 bits per heavy atom. The van der Waals surface area contributed by atoms with E-state index in [1.165, 1.54) is 60.7 Å². The van der Waals surface area contributed by atoms with Gasteiger partial charge in [-0.15, -0.1) is 0 Å². The molecule has 0 spiro atoms. The Morgan fingerprint density at radius 2 is 1.10 bits per heavy atom. The van der Waals surface area contributed by atoms with Crippen molar-refractivity contribution in [2.45, 2.75) is 92.1 Å². The Balaban J connectivity index is 1.22. The Hall–Kier alpha value is -5.02. The highest BCUT2D eigenvalue weighted by Gasteiger charge is 2.52. The fourth-order valence-corrected chi connectivity index (χ4v) is 7.04. The molecule has 1 aromatic heterocycles. The Morgan fingerprint density at radius 3 is 1.73 bits per heavy atom. The van der Waals surface area contributed by atoms with Crippen LogP contribution in [-0.4, -0.2) is 184 Å². The number of aromatic hydroxyl groups is 3. The highest BCUT2D eigenvalue weighted by molar-refractivity contribution is 5.90. The minimum Gasteiger partial charge on any atom is -0.508 e. The predicted molar refractivity (Wildman–Crippen MR) is 202 cm³/mol. The Bertz CT molecular complexity index is 2150. The van der Waals surface area contributed by atoms with Crippen molar-refractivity contribution in [2.24, 2.45) is 0 Å². The number of hydrogen-bond donors (Lipinski definition) is 13. The van der Waals surface area contributed by atoms with Crippen molar-refractivity contribution in [3.8, 4) is 40.1 Å². The van der Waals surface area contributed by atoms with Crippen LogP contribution >= 0.6 is 0 Å². The molecule has 0 bridgehead atoms. The van der Waals surface area contributed by atoms with E-state index in [0.29, 0.717) is 0 Å². The Labute approximate surface area is 349 Å². The minimum absolute atomic E-state index is 0.0160. The molecule has 22 heteroatoms. The summed E-state index contributed by atoms with van der Waals surface area (Å²) in [6.07, 6.45) is -27.0. The van der Waals surface area contributed by atoms with E-state index in [9.17, 15) is 71.2 Å². The highest BCUT2D eigenvalue weighted by Crippen LogP contribution is 2.42. The van der Waals surface area contributed by atoms with Crippen LogP contribution in [0.1, 0.15) is 10.4 Å². The molecule has 3 saturated heterocycles. The average Bonchev–Trinajstić information content (AvgIpc) is 3.26. The van der Waals surface area contributed by atoms with E-state index >= 15 is 0 Å². The third-order valence-electron chi connectivity index (χ3n) is 10.5. The number of fused-ring (bicyclic) bond motifs is 1. The zero-order valence-corrected chi connectivity index (χ0v) is 32.1. The monoisotopic (exact) mass is 877 g/mol. The molecule has 0 aliphatic carbocycles. The van der Waals surface area contributed by atoms with Crippen LogP contribution in [-0.2, 0) is 23.7 Å². The van der Waals surface area contributed by atoms with E-state index in [-0.39, 0.29) is 50.9 Å². The van der Waals surface area contributed by atoms with Gasteiger partial charge in [-0.3, -0.25) is 0 Å². The first-order valence-corrected chi connectivity index (χ1v) is 19.1. The number of aliphatic hydroxyl groups is 10. The largest absolute Gasteiger partial charge is 0.508 e. The van der Waals surface area contributed by atoms with Gasteiger partial charge >= 0.3 is 17.3 Å². The molecule has 0 amide bonds. The van der Waals surface area contributed by atoms with Crippen LogP contribution in [0.3, 0.4) is 0 Å². The van der Waals surface area contributed by atoms with Gasteiger partial charge in [-0.2, -0.15) is 0 Å². The van der Waals surface area contributed by atoms with Crippen molar-refractivity contribution in [1.82, 2.24) is 0 Å². The summed E-state index contributed by atoms with van der Waals surface area (Å²) in [6.45, 7) is -2.33. The minimum atomic E-state index is -2.03. The molecular weight excluding hydrogens is 832 g/mol. The number of esters is 1. The van der Waals surface area contributed by atoms with Gasteiger partial charge in [0.05, 0.1) is 30.4 Å². The standard InChI is InChI=1S/C40H44O22/c41-12-24-27(46)30(49)33(52)38(59-24)57-22-10-19(45)9-21-20(22)11-23(35(56-21)15-1-5-17(43)6-2-15)58-40-36(32(51)28(47)25(13-42)60-40)62-39-34(53)31(50)29(48)26(61-39)14-55-37(54)16-3-7-18(44)8-4-16/h1-11,24-34,36,38-42,46-53H,12-14H2,(H2-,43,44,45,54)/p+1. The second-order valence-corrected chi connectivity index (χ2v) is 14.7. The van der Waals surface area contributed by atoms with Crippen molar-refractivity contribution >= 4 is 16.9 Å². The molecule has 4 heterocycles. The second-order valence-electron chi connectivity index (χ2n) is 14.7. The lowest BCUT2D eigenvalue weighted by atomic mass is 9.97. The maximum atomic E-state index is 12.7. The SMILES string of the molecule is O=C(OCC1OC(OC2C(Oc3cc4c(OC5OC(CO)C(O)C(O)C5O)cc(O)cc4[o+]c3-c3ccc(O)cc3)OC(CO)C(O)C2O)C(O)C(O)C1O)c1ccc(O)cc1. The van der Waals surface area contributed by atoms with Crippen molar-refractivity contribution in [1.29, 1.82) is 0 Å². The summed E-state index contributed by atoms with van der Waals surface area (Å²) in [5.41, 5.74) is 0.164. The number of aliphatic hydroxyl groups excluding tert-OH is 10.